The number of nitrogens with two attached hydrogens (primary N) is 1. The smallest absolute Gasteiger partial charge is 0.337 e. The highest BCUT2D eigenvalue weighted by Crippen LogP contribution is 2.41. The summed E-state index contributed by atoms with van der Waals surface area (Å²) in [6.45, 7) is 0.205. The second-order valence-electron chi connectivity index (χ2n) is 5.20. The maximum atomic E-state index is 11.7. The molecule has 2 aromatic rings. The van der Waals surface area contributed by atoms with Gasteiger partial charge in [0.15, 0.2) is 0 Å². The van der Waals surface area contributed by atoms with Crippen LogP contribution in [0.15, 0.2) is 24.3 Å². The fourth-order valence-corrected chi connectivity index (χ4v) is 4.18. The maximum Gasteiger partial charge on any atom is 0.337 e. The molecule has 0 spiro atoms. The third-order valence-electron chi connectivity index (χ3n) is 3.81. The number of carbonyl (C=O) groups is 2. The van der Waals surface area contributed by atoms with Crippen LogP contribution < -0.4 is 5.90 Å². The van der Waals surface area contributed by atoms with E-state index in [0.717, 1.165) is 16.0 Å². The summed E-state index contributed by atoms with van der Waals surface area (Å²) in [4.78, 5) is 29.8. The molecule has 1 aliphatic carbocycles. The predicted molar refractivity (Wildman–Crippen MR) is 82.7 cm³/mol. The molecule has 114 valence electrons. The summed E-state index contributed by atoms with van der Waals surface area (Å²) >= 11 is 1.46. The quantitative estimate of drug-likeness (QED) is 0.846. The molecule has 0 fully saturated rings. The van der Waals surface area contributed by atoms with Gasteiger partial charge in [-0.3, -0.25) is 9.63 Å². The topological polar surface area (TPSA) is 89.6 Å². The van der Waals surface area contributed by atoms with E-state index in [9.17, 15) is 14.7 Å². The number of carbonyl (C=O) groups excluding carboxylic acids is 1. The number of fused-ring (bicyclic) bond motifs is 1. The average molecular weight is 317 g/mol. The van der Waals surface area contributed by atoms with Gasteiger partial charge in [-0.15, -0.1) is 11.3 Å². The van der Waals surface area contributed by atoms with Crippen molar-refractivity contribution >= 4 is 23.1 Å². The SMILES string of the molecule is NOCc1ccccc1-c1sc2c(c1C(=O)O)CC(=O)CC2. The lowest BCUT2D eigenvalue weighted by Crippen LogP contribution is -2.14. The first-order valence-corrected chi connectivity index (χ1v) is 7.73. The molecule has 22 heavy (non-hydrogen) atoms. The first-order chi connectivity index (χ1) is 10.6. The standard InChI is InChI=1S/C16H15NO4S/c17-21-8-9-3-1-2-4-11(9)15-14(16(19)20)12-7-10(18)5-6-13(12)22-15/h1-4H,5-8,17H2,(H,19,20). The Hall–Kier alpha value is -2.02. The van der Waals surface area contributed by atoms with Gasteiger partial charge in [0.25, 0.3) is 0 Å². The van der Waals surface area contributed by atoms with Crippen molar-refractivity contribution in [2.75, 3.05) is 0 Å². The maximum absolute atomic E-state index is 11.7. The molecule has 3 N–H and O–H groups in total. The molecule has 1 heterocycles. The lowest BCUT2D eigenvalue weighted by molar-refractivity contribution is -0.118. The lowest BCUT2D eigenvalue weighted by Gasteiger charge is -2.10. The van der Waals surface area contributed by atoms with Crippen molar-refractivity contribution in [1.29, 1.82) is 0 Å². The minimum absolute atomic E-state index is 0.0953. The second kappa shape index (κ2) is 6.00. The minimum Gasteiger partial charge on any atom is -0.478 e. The zero-order chi connectivity index (χ0) is 15.7. The third-order valence-corrected chi connectivity index (χ3v) is 5.14. The van der Waals surface area contributed by atoms with Crippen LogP contribution in [0.5, 0.6) is 0 Å². The molecular formula is C16H15NO4S. The number of carboxylic acids is 1. The number of Topliss-reactive ketones (excluding diaryl/α,β-unsaturated/α-hetero) is 1. The summed E-state index contributed by atoms with van der Waals surface area (Å²) in [7, 11) is 0. The molecule has 0 bridgehead atoms. The third kappa shape index (κ3) is 2.56. The Morgan fingerprint density at radius 3 is 2.82 bits per heavy atom. The first kappa shape index (κ1) is 14.9. The second-order valence-corrected chi connectivity index (χ2v) is 6.30. The highest BCUT2D eigenvalue weighted by molar-refractivity contribution is 7.16. The number of benzene rings is 1. The fraction of sp³-hybridized carbons (Fsp3) is 0.250. The Bertz CT molecular complexity index is 751. The number of carboxylic acid groups (broad SMARTS) is 1. The van der Waals surface area contributed by atoms with Crippen LogP contribution in [-0.4, -0.2) is 16.9 Å². The molecule has 1 aromatic heterocycles. The Kier molecular flexibility index (Phi) is 4.06. The lowest BCUT2D eigenvalue weighted by atomic mass is 9.92. The van der Waals surface area contributed by atoms with E-state index in [1.165, 1.54) is 11.3 Å². The van der Waals surface area contributed by atoms with Crippen LogP contribution in [-0.2, 0) is 29.1 Å². The van der Waals surface area contributed by atoms with Gasteiger partial charge >= 0.3 is 5.97 Å². The van der Waals surface area contributed by atoms with Crippen molar-refractivity contribution < 1.29 is 19.5 Å². The number of hydrogen-bond acceptors (Lipinski definition) is 5. The summed E-state index contributed by atoms with van der Waals surface area (Å²) in [6, 6.07) is 7.43. The van der Waals surface area contributed by atoms with Gasteiger partial charge in [-0.2, -0.15) is 0 Å². The van der Waals surface area contributed by atoms with Gasteiger partial charge in [0, 0.05) is 22.6 Å². The van der Waals surface area contributed by atoms with Gasteiger partial charge in [-0.25, -0.2) is 10.7 Å². The van der Waals surface area contributed by atoms with E-state index in [4.69, 9.17) is 10.7 Å². The van der Waals surface area contributed by atoms with Crippen molar-refractivity contribution in [3.05, 3.63) is 45.8 Å². The number of thiophene rings is 1. The van der Waals surface area contributed by atoms with Gasteiger partial charge < -0.3 is 5.11 Å². The van der Waals surface area contributed by atoms with Crippen molar-refractivity contribution in [3.8, 4) is 10.4 Å². The highest BCUT2D eigenvalue weighted by atomic mass is 32.1. The zero-order valence-electron chi connectivity index (χ0n) is 11.8. The van der Waals surface area contributed by atoms with E-state index in [0.29, 0.717) is 23.3 Å². The molecule has 0 saturated heterocycles. The van der Waals surface area contributed by atoms with Crippen molar-refractivity contribution in [1.82, 2.24) is 0 Å². The van der Waals surface area contributed by atoms with Gasteiger partial charge in [-0.05, 0) is 23.1 Å². The van der Waals surface area contributed by atoms with Crippen LogP contribution in [0.25, 0.3) is 10.4 Å². The molecule has 0 saturated carbocycles. The van der Waals surface area contributed by atoms with Gasteiger partial charge in [0.05, 0.1) is 12.2 Å². The Balaban J connectivity index is 2.20. The van der Waals surface area contributed by atoms with Gasteiger partial charge in [0.2, 0.25) is 0 Å². The number of ketones is 1. The number of aryl methyl sites for hydroxylation is 1. The summed E-state index contributed by atoms with van der Waals surface area (Å²) in [6.07, 6.45) is 1.32. The number of rotatable bonds is 4. The molecule has 3 rings (SSSR count). The van der Waals surface area contributed by atoms with E-state index in [1.807, 2.05) is 24.3 Å². The van der Waals surface area contributed by atoms with E-state index in [2.05, 4.69) is 0 Å². The Morgan fingerprint density at radius 1 is 1.32 bits per heavy atom. The van der Waals surface area contributed by atoms with Crippen molar-refractivity contribution in [3.63, 3.8) is 0 Å². The Morgan fingerprint density at radius 2 is 2.09 bits per heavy atom. The van der Waals surface area contributed by atoms with E-state index >= 15 is 0 Å². The first-order valence-electron chi connectivity index (χ1n) is 6.91. The van der Waals surface area contributed by atoms with Crippen LogP contribution in [0, 0.1) is 0 Å². The van der Waals surface area contributed by atoms with Crippen LogP contribution in [0.4, 0.5) is 0 Å². The molecular weight excluding hydrogens is 302 g/mol. The summed E-state index contributed by atoms with van der Waals surface area (Å²) in [5, 5.41) is 9.62. The minimum atomic E-state index is -0.995. The molecule has 0 radical (unpaired) electrons. The van der Waals surface area contributed by atoms with Crippen molar-refractivity contribution in [2.45, 2.75) is 25.9 Å². The molecule has 6 heteroatoms. The van der Waals surface area contributed by atoms with E-state index in [-0.39, 0.29) is 24.4 Å². The summed E-state index contributed by atoms with van der Waals surface area (Å²) in [5.74, 6) is 4.26. The predicted octanol–water partition coefficient (Wildman–Crippen LogP) is 2.56. The summed E-state index contributed by atoms with van der Waals surface area (Å²) < 4.78 is 0. The number of aromatic carboxylic acids is 1. The largest absolute Gasteiger partial charge is 0.478 e. The number of hydrogen-bond donors (Lipinski definition) is 2. The molecule has 0 amide bonds. The van der Waals surface area contributed by atoms with E-state index < -0.39 is 5.97 Å². The van der Waals surface area contributed by atoms with Crippen LogP contribution >= 0.6 is 11.3 Å². The fourth-order valence-electron chi connectivity index (χ4n) is 2.81. The normalized spacial score (nSPS) is 14.0. The van der Waals surface area contributed by atoms with Crippen LogP contribution in [0.3, 0.4) is 0 Å². The molecule has 1 aliphatic rings. The van der Waals surface area contributed by atoms with Crippen LogP contribution in [0.2, 0.25) is 0 Å². The highest BCUT2D eigenvalue weighted by Gasteiger charge is 2.29. The monoisotopic (exact) mass is 317 g/mol. The average Bonchev–Trinajstić information content (AvgIpc) is 2.86. The molecule has 0 atom stereocenters. The molecule has 1 aromatic carbocycles. The molecule has 5 nitrogen and oxygen atoms in total. The summed E-state index contributed by atoms with van der Waals surface area (Å²) in [5.41, 5.74) is 2.55. The molecule has 0 aliphatic heterocycles. The Labute approximate surface area is 131 Å². The van der Waals surface area contributed by atoms with E-state index in [1.54, 1.807) is 0 Å². The molecule has 0 unspecified atom stereocenters. The zero-order valence-corrected chi connectivity index (χ0v) is 12.6. The van der Waals surface area contributed by atoms with Crippen LogP contribution in [0.1, 0.15) is 32.8 Å². The van der Waals surface area contributed by atoms with Gasteiger partial charge in [-0.1, -0.05) is 24.3 Å². The van der Waals surface area contributed by atoms with Gasteiger partial charge in [0.1, 0.15) is 5.78 Å². The van der Waals surface area contributed by atoms with Crippen molar-refractivity contribution in [2.24, 2.45) is 5.90 Å².